The highest BCUT2D eigenvalue weighted by Gasteiger charge is 2.40. The van der Waals surface area contributed by atoms with Crippen LogP contribution in [0.3, 0.4) is 0 Å². The molecule has 60 heavy (non-hydrogen) atoms. The van der Waals surface area contributed by atoms with Gasteiger partial charge in [0.15, 0.2) is 5.96 Å². The molecule has 20 nitrogen and oxygen atoms in total. The fraction of sp³-hybridized carbons (Fsp3) is 0.775. The SMILES string of the molecule is CC(C)CCC(NC(=O)C(CC(C)C)NC(=O)CCC1CCCCC1)C(=O)NC(CN)C(=O)N1CCCC1C(=O)NC(CCCN=C(N)N)C(=O)NC(CC(N)=O)C(N)=O. The maximum atomic E-state index is 14.0. The van der Waals surface area contributed by atoms with E-state index in [0.717, 1.165) is 19.3 Å². The molecule has 1 aliphatic carbocycles. The molecule has 0 spiro atoms. The Labute approximate surface area is 353 Å². The number of nitrogens with one attached hydrogen (secondary N) is 5. The summed E-state index contributed by atoms with van der Waals surface area (Å²) in [6.07, 6.45) is 8.36. The highest BCUT2D eigenvalue weighted by Crippen LogP contribution is 2.27. The summed E-state index contributed by atoms with van der Waals surface area (Å²) < 4.78 is 0. The van der Waals surface area contributed by atoms with E-state index in [-0.39, 0.29) is 69.0 Å². The van der Waals surface area contributed by atoms with E-state index >= 15 is 0 Å². The van der Waals surface area contributed by atoms with Gasteiger partial charge in [0.25, 0.3) is 0 Å². The van der Waals surface area contributed by atoms with E-state index in [4.69, 9.17) is 28.7 Å². The summed E-state index contributed by atoms with van der Waals surface area (Å²) >= 11 is 0. The summed E-state index contributed by atoms with van der Waals surface area (Å²) in [4.78, 5) is 110. The maximum absolute atomic E-state index is 14.0. The minimum Gasteiger partial charge on any atom is -0.370 e. The Kier molecular flexibility index (Phi) is 22.4. The summed E-state index contributed by atoms with van der Waals surface area (Å²) in [5, 5.41) is 13.4. The number of hydrogen-bond donors (Lipinski definition) is 10. The van der Waals surface area contributed by atoms with E-state index in [1.54, 1.807) is 0 Å². The van der Waals surface area contributed by atoms with Gasteiger partial charge < -0.3 is 60.2 Å². The van der Waals surface area contributed by atoms with Crippen LogP contribution in [0.5, 0.6) is 0 Å². The second-order valence-electron chi connectivity index (χ2n) is 17.0. The zero-order chi connectivity index (χ0) is 44.9. The number of nitrogens with two attached hydrogens (primary N) is 5. The molecule has 0 aromatic rings. The molecule has 1 aliphatic heterocycles. The lowest BCUT2D eigenvalue weighted by atomic mass is 9.86. The van der Waals surface area contributed by atoms with Crippen LogP contribution in [0.25, 0.3) is 0 Å². The minimum absolute atomic E-state index is 0.00418. The van der Waals surface area contributed by atoms with Crippen LogP contribution >= 0.6 is 0 Å². The van der Waals surface area contributed by atoms with Gasteiger partial charge in [-0.05, 0) is 69.1 Å². The number of likely N-dealkylation sites (tertiary alicyclic amines) is 1. The van der Waals surface area contributed by atoms with E-state index in [1.165, 1.54) is 24.2 Å². The summed E-state index contributed by atoms with van der Waals surface area (Å²) in [7, 11) is 0. The van der Waals surface area contributed by atoms with Crippen LogP contribution in [0, 0.1) is 17.8 Å². The molecular weight excluding hydrogens is 777 g/mol. The quantitative estimate of drug-likeness (QED) is 0.0275. The maximum Gasteiger partial charge on any atom is 0.247 e. The number of hydrogen-bond acceptors (Lipinski definition) is 10. The molecule has 1 saturated heterocycles. The van der Waals surface area contributed by atoms with Gasteiger partial charge in [0.1, 0.15) is 36.3 Å². The van der Waals surface area contributed by atoms with E-state index in [1.807, 2.05) is 27.7 Å². The highest BCUT2D eigenvalue weighted by molar-refractivity contribution is 5.97. The normalized spacial score (nSPS) is 18.1. The Hall–Kier alpha value is -5.01. The van der Waals surface area contributed by atoms with Crippen molar-refractivity contribution in [2.24, 2.45) is 51.4 Å². The first kappa shape index (κ1) is 51.1. The Morgan fingerprint density at radius 3 is 1.83 bits per heavy atom. The van der Waals surface area contributed by atoms with Crippen molar-refractivity contribution in [3.8, 4) is 0 Å². The molecule has 8 amide bonds. The molecule has 20 heteroatoms. The Bertz CT molecular complexity index is 1500. The average molecular weight is 849 g/mol. The molecule has 0 bridgehead atoms. The zero-order valence-electron chi connectivity index (χ0n) is 36.0. The van der Waals surface area contributed by atoms with Gasteiger partial charge >= 0.3 is 0 Å². The fourth-order valence-electron chi connectivity index (χ4n) is 7.56. The Morgan fingerprint density at radius 1 is 0.667 bits per heavy atom. The van der Waals surface area contributed by atoms with Crippen LogP contribution in [-0.4, -0.2) is 114 Å². The van der Waals surface area contributed by atoms with Gasteiger partial charge in [0.2, 0.25) is 47.3 Å². The molecule has 0 aromatic heterocycles. The fourth-order valence-corrected chi connectivity index (χ4v) is 7.56. The van der Waals surface area contributed by atoms with Crippen molar-refractivity contribution in [3.05, 3.63) is 0 Å². The van der Waals surface area contributed by atoms with Gasteiger partial charge in [-0.15, -0.1) is 0 Å². The van der Waals surface area contributed by atoms with Crippen LogP contribution in [0.15, 0.2) is 4.99 Å². The van der Waals surface area contributed by atoms with Crippen molar-refractivity contribution >= 4 is 53.2 Å². The molecule has 6 atom stereocenters. The number of primary amides is 2. The van der Waals surface area contributed by atoms with Crippen LogP contribution in [0.4, 0.5) is 0 Å². The van der Waals surface area contributed by atoms with Gasteiger partial charge in [0.05, 0.1) is 6.42 Å². The Balaban J connectivity index is 2.20. The third-order valence-electron chi connectivity index (χ3n) is 10.9. The van der Waals surface area contributed by atoms with Crippen molar-refractivity contribution < 1.29 is 38.4 Å². The standard InChI is InChI=1S/C40H72N12O8/c1-23(2)14-16-27(48-37(58)29(20-24(3)4)47-33(54)17-15-25-10-6-5-7-11-25)36(57)51-30(22-41)39(60)52-19-9-13-31(52)38(59)49-26(12-8-18-46-40(44)45)35(56)50-28(34(43)55)21-32(42)53/h23-31H,5-22,41H2,1-4H3,(H2,42,53)(H2,43,55)(H,47,54)(H,48,58)(H,49,59)(H,50,56)(H,51,57)(H4,44,45,46). The molecule has 6 unspecified atom stereocenters. The molecule has 1 saturated carbocycles. The number of aliphatic imine (C=N–C) groups is 1. The number of amides is 8. The third-order valence-corrected chi connectivity index (χ3v) is 10.9. The molecule has 15 N–H and O–H groups in total. The second kappa shape index (κ2) is 26.3. The largest absolute Gasteiger partial charge is 0.370 e. The predicted octanol–water partition coefficient (Wildman–Crippen LogP) is -1.38. The zero-order valence-corrected chi connectivity index (χ0v) is 36.0. The Morgan fingerprint density at radius 2 is 1.27 bits per heavy atom. The van der Waals surface area contributed by atoms with Crippen LogP contribution < -0.4 is 55.3 Å². The minimum atomic E-state index is -1.43. The van der Waals surface area contributed by atoms with Crippen molar-refractivity contribution in [3.63, 3.8) is 0 Å². The lowest BCUT2D eigenvalue weighted by Crippen LogP contribution is -2.60. The van der Waals surface area contributed by atoms with Crippen molar-refractivity contribution in [1.29, 1.82) is 0 Å². The smallest absolute Gasteiger partial charge is 0.247 e. The molecule has 1 heterocycles. The number of guanidine groups is 1. The van der Waals surface area contributed by atoms with Gasteiger partial charge in [-0.2, -0.15) is 0 Å². The van der Waals surface area contributed by atoms with E-state index in [0.29, 0.717) is 31.6 Å². The van der Waals surface area contributed by atoms with Crippen molar-refractivity contribution in [1.82, 2.24) is 31.5 Å². The van der Waals surface area contributed by atoms with E-state index in [9.17, 15) is 38.4 Å². The summed E-state index contributed by atoms with van der Waals surface area (Å²) in [5.41, 5.74) is 27.4. The van der Waals surface area contributed by atoms with Crippen LogP contribution in [-0.2, 0) is 38.4 Å². The van der Waals surface area contributed by atoms with E-state index < -0.39 is 84.0 Å². The first-order valence-corrected chi connectivity index (χ1v) is 21.5. The molecule has 0 radical (unpaired) electrons. The molecule has 2 rings (SSSR count). The van der Waals surface area contributed by atoms with Crippen molar-refractivity contribution in [2.45, 2.75) is 160 Å². The topological polar surface area (TPSA) is 342 Å². The van der Waals surface area contributed by atoms with Gasteiger partial charge in [-0.25, -0.2) is 0 Å². The molecule has 340 valence electrons. The summed E-state index contributed by atoms with van der Waals surface area (Å²) in [6, 6.07) is -6.92. The number of carbonyl (C=O) groups is 8. The monoisotopic (exact) mass is 849 g/mol. The van der Waals surface area contributed by atoms with Crippen LogP contribution in [0.2, 0.25) is 0 Å². The predicted molar refractivity (Wildman–Crippen MR) is 226 cm³/mol. The van der Waals surface area contributed by atoms with Gasteiger partial charge in [-0.1, -0.05) is 59.8 Å². The average Bonchev–Trinajstić information content (AvgIpc) is 3.68. The molecular formula is C40H72N12O8. The first-order valence-electron chi connectivity index (χ1n) is 21.5. The van der Waals surface area contributed by atoms with Crippen molar-refractivity contribution in [2.75, 3.05) is 19.6 Å². The first-order chi connectivity index (χ1) is 28.3. The number of rotatable bonds is 26. The lowest BCUT2D eigenvalue weighted by Gasteiger charge is -2.30. The van der Waals surface area contributed by atoms with Crippen LogP contribution in [0.1, 0.15) is 124 Å². The van der Waals surface area contributed by atoms with Gasteiger partial charge in [-0.3, -0.25) is 43.3 Å². The molecule has 0 aromatic carbocycles. The second-order valence-corrected chi connectivity index (χ2v) is 17.0. The summed E-state index contributed by atoms with van der Waals surface area (Å²) in [5.74, 6) is -4.82. The number of nitrogens with zero attached hydrogens (tertiary/aromatic N) is 2. The molecule has 2 aliphatic rings. The summed E-state index contributed by atoms with van der Waals surface area (Å²) in [6.45, 7) is 7.78. The highest BCUT2D eigenvalue weighted by atomic mass is 16.2. The van der Waals surface area contributed by atoms with Gasteiger partial charge in [0, 0.05) is 26.1 Å². The number of carbonyl (C=O) groups excluding carboxylic acids is 8. The third kappa shape index (κ3) is 18.5. The molecule has 2 fully saturated rings. The lowest BCUT2D eigenvalue weighted by molar-refractivity contribution is -0.142. The van der Waals surface area contributed by atoms with E-state index in [2.05, 4.69) is 31.6 Å².